The monoisotopic (exact) mass is 392 g/mol. The quantitative estimate of drug-likeness (QED) is 0.703. The zero-order valence-electron chi connectivity index (χ0n) is 14.7. The number of quaternary nitrogens is 1. The van der Waals surface area contributed by atoms with E-state index in [9.17, 15) is 9.59 Å². The largest absolute Gasteiger partial charge is 0.365 e. The maximum atomic E-state index is 12.5. The number of halogens is 1. The maximum Gasteiger partial charge on any atom is 0.280 e. The minimum absolute atomic E-state index is 0.120. The third kappa shape index (κ3) is 4.44. The Bertz CT molecular complexity index is 834. The summed E-state index contributed by atoms with van der Waals surface area (Å²) in [6.45, 7) is 0.991. The smallest absolute Gasteiger partial charge is 0.280 e. The van der Waals surface area contributed by atoms with Gasteiger partial charge in [-0.05, 0) is 43.4 Å². The molecule has 0 bridgehead atoms. The summed E-state index contributed by atoms with van der Waals surface area (Å²) in [4.78, 5) is 26.6. The Morgan fingerprint density at radius 3 is 2.81 bits per heavy atom. The van der Waals surface area contributed by atoms with E-state index in [2.05, 4.69) is 5.32 Å². The van der Waals surface area contributed by atoms with E-state index < -0.39 is 5.91 Å². The van der Waals surface area contributed by atoms with Crippen LogP contribution >= 0.6 is 22.9 Å². The molecule has 4 N–H and O–H groups in total. The highest BCUT2D eigenvalue weighted by molar-refractivity contribution is 7.17. The molecule has 1 aromatic carbocycles. The lowest BCUT2D eigenvalue weighted by Crippen LogP contribution is -3.08. The van der Waals surface area contributed by atoms with E-state index in [1.54, 1.807) is 0 Å². The van der Waals surface area contributed by atoms with Crippen molar-refractivity contribution in [3.8, 4) is 0 Å². The number of aryl methyl sites for hydroxylation is 1. The van der Waals surface area contributed by atoms with Gasteiger partial charge in [0.15, 0.2) is 6.54 Å². The number of primary amides is 1. The van der Waals surface area contributed by atoms with Crippen LogP contribution < -0.4 is 16.0 Å². The molecule has 0 aliphatic heterocycles. The van der Waals surface area contributed by atoms with Crippen molar-refractivity contribution in [1.29, 1.82) is 0 Å². The summed E-state index contributed by atoms with van der Waals surface area (Å²) in [5.74, 6) is -0.579. The molecule has 0 radical (unpaired) electrons. The van der Waals surface area contributed by atoms with Gasteiger partial charge in [0.05, 0.1) is 12.6 Å². The van der Waals surface area contributed by atoms with Gasteiger partial charge in [-0.25, -0.2) is 0 Å². The maximum absolute atomic E-state index is 12.5. The number of anilines is 1. The molecule has 1 atom stereocenters. The average Bonchev–Trinajstić information content (AvgIpc) is 2.92. The number of benzene rings is 1. The van der Waals surface area contributed by atoms with Gasteiger partial charge in [-0.2, -0.15) is 0 Å². The van der Waals surface area contributed by atoms with E-state index >= 15 is 0 Å². The van der Waals surface area contributed by atoms with Gasteiger partial charge >= 0.3 is 0 Å². The van der Waals surface area contributed by atoms with Gasteiger partial charge in [-0.15, -0.1) is 11.3 Å². The van der Waals surface area contributed by atoms with Crippen molar-refractivity contribution in [2.24, 2.45) is 5.73 Å². The van der Waals surface area contributed by atoms with Gasteiger partial charge in [-0.3, -0.25) is 9.59 Å². The summed E-state index contributed by atoms with van der Waals surface area (Å²) in [7, 11) is 1.95. The first-order valence-electron chi connectivity index (χ1n) is 8.74. The van der Waals surface area contributed by atoms with E-state index in [4.69, 9.17) is 17.3 Å². The number of hydrogen-bond donors (Lipinski definition) is 3. The minimum Gasteiger partial charge on any atom is -0.365 e. The molecule has 5 nitrogen and oxygen atoms in total. The number of hydrogen-bond acceptors (Lipinski definition) is 3. The zero-order chi connectivity index (χ0) is 18.7. The second kappa shape index (κ2) is 8.20. The Balaban J connectivity index is 1.66. The van der Waals surface area contributed by atoms with Gasteiger partial charge in [0.2, 0.25) is 0 Å². The Morgan fingerprint density at radius 1 is 1.31 bits per heavy atom. The number of thiophene rings is 1. The average molecular weight is 393 g/mol. The predicted molar refractivity (Wildman–Crippen MR) is 105 cm³/mol. The van der Waals surface area contributed by atoms with Crippen molar-refractivity contribution < 1.29 is 14.5 Å². The molecule has 0 saturated carbocycles. The summed E-state index contributed by atoms with van der Waals surface area (Å²) in [5, 5.41) is 4.20. The molecular weight excluding hydrogens is 370 g/mol. The second-order valence-electron chi connectivity index (χ2n) is 6.77. The standard InChI is InChI=1S/C19H22ClN3O2S/c1-23(10-12-5-4-6-13(20)9-12)11-16(24)22-19-17(18(21)25)14-7-2-3-8-15(14)26-19/h4-6,9H,2-3,7-8,10-11H2,1H3,(H2,21,25)(H,22,24)/p+1. The number of nitrogens with two attached hydrogens (primary N) is 1. The van der Waals surface area contributed by atoms with Crippen LogP contribution in [0, 0.1) is 0 Å². The molecule has 7 heteroatoms. The van der Waals surface area contributed by atoms with E-state index in [-0.39, 0.29) is 5.91 Å². The SMILES string of the molecule is C[NH+](CC(=O)Nc1sc2c(c1C(N)=O)CCCC2)Cc1cccc(Cl)c1. The van der Waals surface area contributed by atoms with Crippen molar-refractivity contribution in [3.63, 3.8) is 0 Å². The van der Waals surface area contributed by atoms with Crippen LogP contribution in [0.2, 0.25) is 5.02 Å². The highest BCUT2D eigenvalue weighted by Crippen LogP contribution is 2.37. The molecular formula is C19H23ClN3O2S+. The summed E-state index contributed by atoms with van der Waals surface area (Å²) < 4.78 is 0. The second-order valence-corrected chi connectivity index (χ2v) is 8.31. The van der Waals surface area contributed by atoms with Gasteiger partial charge in [0.25, 0.3) is 11.8 Å². The lowest BCUT2D eigenvalue weighted by molar-refractivity contribution is -0.885. The molecule has 1 aromatic heterocycles. The van der Waals surface area contributed by atoms with Crippen LogP contribution in [0.5, 0.6) is 0 Å². The number of likely N-dealkylation sites (N-methyl/N-ethyl adjacent to an activating group) is 1. The molecule has 1 unspecified atom stereocenters. The van der Waals surface area contributed by atoms with Crippen LogP contribution in [0.3, 0.4) is 0 Å². The van der Waals surface area contributed by atoms with Gasteiger partial charge < -0.3 is 16.0 Å². The van der Waals surface area contributed by atoms with Gasteiger partial charge in [0, 0.05) is 15.5 Å². The number of carbonyl (C=O) groups is 2. The van der Waals surface area contributed by atoms with Crippen LogP contribution in [0.1, 0.15) is 39.2 Å². The van der Waals surface area contributed by atoms with Crippen molar-refractivity contribution in [2.75, 3.05) is 18.9 Å². The first-order chi connectivity index (χ1) is 12.4. The van der Waals surface area contributed by atoms with Crippen molar-refractivity contribution >= 4 is 39.8 Å². The van der Waals surface area contributed by atoms with Crippen LogP contribution in [0.4, 0.5) is 5.00 Å². The van der Waals surface area contributed by atoms with Crippen LogP contribution in [-0.4, -0.2) is 25.4 Å². The number of carbonyl (C=O) groups excluding carboxylic acids is 2. The van der Waals surface area contributed by atoms with Crippen molar-refractivity contribution in [1.82, 2.24) is 0 Å². The third-order valence-corrected chi connectivity index (χ3v) is 5.97. The van der Waals surface area contributed by atoms with E-state index in [0.29, 0.717) is 28.7 Å². The van der Waals surface area contributed by atoms with Gasteiger partial charge in [0.1, 0.15) is 11.5 Å². The normalized spacial score (nSPS) is 14.5. The summed E-state index contributed by atoms with van der Waals surface area (Å²) in [6, 6.07) is 7.63. The Kier molecular flexibility index (Phi) is 5.96. The molecule has 3 rings (SSSR count). The lowest BCUT2D eigenvalue weighted by atomic mass is 9.95. The molecule has 2 amide bonds. The number of rotatable bonds is 6. The molecule has 2 aromatic rings. The molecule has 26 heavy (non-hydrogen) atoms. The highest BCUT2D eigenvalue weighted by atomic mass is 35.5. The lowest BCUT2D eigenvalue weighted by Gasteiger charge is -2.14. The van der Waals surface area contributed by atoms with E-state index in [0.717, 1.165) is 41.7 Å². The van der Waals surface area contributed by atoms with Crippen molar-refractivity contribution in [3.05, 3.63) is 50.9 Å². The predicted octanol–water partition coefficient (Wildman–Crippen LogP) is 2.03. The molecule has 0 spiro atoms. The van der Waals surface area contributed by atoms with Crippen molar-refractivity contribution in [2.45, 2.75) is 32.2 Å². The molecule has 0 saturated heterocycles. The summed E-state index contributed by atoms with van der Waals surface area (Å²) in [6.07, 6.45) is 3.99. The van der Waals surface area contributed by atoms with Crippen LogP contribution in [0.15, 0.2) is 24.3 Å². The van der Waals surface area contributed by atoms with Crippen LogP contribution in [-0.2, 0) is 24.2 Å². The number of nitrogens with one attached hydrogen (secondary N) is 2. The number of amides is 2. The topological polar surface area (TPSA) is 76.6 Å². The fourth-order valence-electron chi connectivity index (χ4n) is 3.42. The van der Waals surface area contributed by atoms with E-state index in [1.807, 2.05) is 31.3 Å². The molecule has 0 fully saturated rings. The van der Waals surface area contributed by atoms with Crippen LogP contribution in [0.25, 0.3) is 0 Å². The Labute approximate surface area is 162 Å². The molecule has 1 aliphatic carbocycles. The Hall–Kier alpha value is -1.89. The zero-order valence-corrected chi connectivity index (χ0v) is 16.3. The molecule has 1 heterocycles. The molecule has 138 valence electrons. The highest BCUT2D eigenvalue weighted by Gasteiger charge is 2.25. The number of fused-ring (bicyclic) bond motifs is 1. The molecule has 1 aliphatic rings. The fraction of sp³-hybridized carbons (Fsp3) is 0.368. The van der Waals surface area contributed by atoms with Gasteiger partial charge in [-0.1, -0.05) is 23.7 Å². The first-order valence-corrected chi connectivity index (χ1v) is 9.93. The van der Waals surface area contributed by atoms with E-state index in [1.165, 1.54) is 16.2 Å². The summed E-state index contributed by atoms with van der Waals surface area (Å²) >= 11 is 7.50. The Morgan fingerprint density at radius 2 is 2.08 bits per heavy atom. The third-order valence-electron chi connectivity index (χ3n) is 4.53. The minimum atomic E-state index is -0.459. The first kappa shape index (κ1) is 18.9. The fourth-order valence-corrected chi connectivity index (χ4v) is 4.94. The summed E-state index contributed by atoms with van der Waals surface area (Å²) in [5.41, 5.74) is 8.19.